The van der Waals surface area contributed by atoms with E-state index in [1.807, 2.05) is 34.6 Å². The second-order valence-corrected chi connectivity index (χ2v) is 9.74. The Labute approximate surface area is 163 Å². The molecule has 27 heavy (non-hydrogen) atoms. The maximum Gasteiger partial charge on any atom is 0.412 e. The van der Waals surface area contributed by atoms with Crippen LogP contribution in [0.4, 0.5) is 4.79 Å². The summed E-state index contributed by atoms with van der Waals surface area (Å²) in [5.41, 5.74) is -1.22. The molecule has 1 heterocycles. The molecule has 0 aromatic carbocycles. The third-order valence-electron chi connectivity index (χ3n) is 5.96. The molecule has 1 aliphatic heterocycles. The molecule has 2 fully saturated rings. The molecule has 0 aromatic rings. The first-order valence-corrected chi connectivity index (χ1v) is 9.69. The van der Waals surface area contributed by atoms with E-state index in [9.17, 15) is 9.59 Å². The fourth-order valence-corrected chi connectivity index (χ4v) is 4.40. The van der Waals surface area contributed by atoms with E-state index < -0.39 is 11.3 Å². The fourth-order valence-electron chi connectivity index (χ4n) is 4.40. The number of amides is 2. The van der Waals surface area contributed by atoms with Gasteiger partial charge in [-0.05, 0) is 58.3 Å². The Morgan fingerprint density at radius 2 is 1.81 bits per heavy atom. The van der Waals surface area contributed by atoms with Gasteiger partial charge < -0.3 is 9.47 Å². The first kappa shape index (κ1) is 22.0. The lowest BCUT2D eigenvalue weighted by molar-refractivity contribution is -0.168. The maximum absolute atomic E-state index is 12.9. The molecule has 1 saturated heterocycles. The van der Waals surface area contributed by atoms with Crippen molar-refractivity contribution >= 4 is 12.0 Å². The van der Waals surface area contributed by atoms with Gasteiger partial charge in [-0.3, -0.25) is 14.5 Å². The van der Waals surface area contributed by atoms with E-state index in [1.165, 1.54) is 12.2 Å². The Hall–Kier alpha value is -1.34. The summed E-state index contributed by atoms with van der Waals surface area (Å²) < 4.78 is 11.6. The van der Waals surface area contributed by atoms with Gasteiger partial charge in [-0.15, -0.1) is 0 Å². The smallest absolute Gasteiger partial charge is 0.412 e. The summed E-state index contributed by atoms with van der Waals surface area (Å²) in [5.74, 6) is 0.581. The number of rotatable bonds is 5. The van der Waals surface area contributed by atoms with Crippen molar-refractivity contribution in [1.82, 2.24) is 9.96 Å². The van der Waals surface area contributed by atoms with Gasteiger partial charge in [-0.1, -0.05) is 13.8 Å². The predicted molar refractivity (Wildman–Crippen MR) is 102 cm³/mol. The lowest BCUT2D eigenvalue weighted by atomic mass is 10.0. The van der Waals surface area contributed by atoms with Crippen molar-refractivity contribution < 1.29 is 23.9 Å². The number of ether oxygens (including phenoxy) is 2. The highest BCUT2D eigenvalue weighted by Gasteiger charge is 2.65. The van der Waals surface area contributed by atoms with Gasteiger partial charge in [0.05, 0.1) is 19.8 Å². The molecule has 0 unspecified atom stereocenters. The lowest BCUT2D eigenvalue weighted by Gasteiger charge is -2.35. The monoisotopic (exact) mass is 384 g/mol. The zero-order valence-electron chi connectivity index (χ0n) is 18.3. The Bertz CT molecular complexity index is 581. The molecule has 3 atom stereocenters. The highest BCUT2D eigenvalue weighted by Crippen LogP contribution is 2.64. The number of hydroxylamine groups is 2. The molecule has 2 aliphatic rings. The third kappa shape index (κ3) is 4.57. The molecule has 0 aromatic heterocycles. The third-order valence-corrected chi connectivity index (χ3v) is 5.96. The van der Waals surface area contributed by atoms with Crippen molar-refractivity contribution in [3.05, 3.63) is 0 Å². The van der Waals surface area contributed by atoms with Gasteiger partial charge in [0.25, 0.3) is 0 Å². The van der Waals surface area contributed by atoms with E-state index in [4.69, 9.17) is 14.3 Å². The van der Waals surface area contributed by atoms with E-state index in [0.717, 1.165) is 6.42 Å². The van der Waals surface area contributed by atoms with Crippen LogP contribution < -0.4 is 0 Å². The Kier molecular flexibility index (Phi) is 5.89. The topological polar surface area (TPSA) is 68.3 Å². The zero-order chi connectivity index (χ0) is 20.8. The number of carbonyl (C=O) groups excluding carboxylic acids is 2. The summed E-state index contributed by atoms with van der Waals surface area (Å²) in [6, 6.07) is -0.0508. The molecule has 2 amide bonds. The molecule has 2 rings (SSSR count). The Morgan fingerprint density at radius 1 is 1.22 bits per heavy atom. The number of hydrogen-bond donors (Lipinski definition) is 0. The van der Waals surface area contributed by atoms with Crippen LogP contribution in [0.3, 0.4) is 0 Å². The van der Waals surface area contributed by atoms with Gasteiger partial charge in [0, 0.05) is 13.5 Å². The second kappa shape index (κ2) is 7.24. The molecular formula is C20H36N2O5. The zero-order valence-corrected chi connectivity index (χ0v) is 18.3. The van der Waals surface area contributed by atoms with Crippen LogP contribution in [-0.4, -0.2) is 60.1 Å². The first-order chi connectivity index (χ1) is 12.2. The summed E-state index contributed by atoms with van der Waals surface area (Å²) in [4.78, 5) is 31.7. The average Bonchev–Trinajstić information content (AvgIpc) is 2.89. The van der Waals surface area contributed by atoms with E-state index in [1.54, 1.807) is 11.9 Å². The lowest BCUT2D eigenvalue weighted by Crippen LogP contribution is -2.51. The quantitative estimate of drug-likeness (QED) is 0.679. The van der Waals surface area contributed by atoms with Crippen LogP contribution >= 0.6 is 0 Å². The first-order valence-electron chi connectivity index (χ1n) is 9.69. The summed E-state index contributed by atoms with van der Waals surface area (Å²) in [6.07, 6.45) is 0.855. The summed E-state index contributed by atoms with van der Waals surface area (Å²) in [6.45, 7) is 14.3. The van der Waals surface area contributed by atoms with Crippen molar-refractivity contribution in [3.63, 3.8) is 0 Å². The van der Waals surface area contributed by atoms with Gasteiger partial charge in [0.2, 0.25) is 5.91 Å². The Balaban J connectivity index is 2.11. The van der Waals surface area contributed by atoms with E-state index >= 15 is 0 Å². The van der Waals surface area contributed by atoms with E-state index in [2.05, 4.69) is 13.8 Å². The van der Waals surface area contributed by atoms with Crippen LogP contribution in [0.15, 0.2) is 0 Å². The molecular weight excluding hydrogens is 348 g/mol. The fraction of sp³-hybridized carbons (Fsp3) is 0.900. The number of nitrogens with zero attached hydrogens (tertiary/aromatic N) is 2. The molecule has 1 saturated carbocycles. The van der Waals surface area contributed by atoms with E-state index in [0.29, 0.717) is 18.9 Å². The van der Waals surface area contributed by atoms with E-state index in [-0.39, 0.29) is 29.4 Å². The number of hydrogen-bond acceptors (Lipinski definition) is 5. The van der Waals surface area contributed by atoms with Crippen molar-refractivity contribution in [2.75, 3.05) is 20.8 Å². The molecule has 0 radical (unpaired) electrons. The minimum Gasteiger partial charge on any atom is -0.444 e. The molecule has 0 N–H and O–H groups in total. The van der Waals surface area contributed by atoms with Crippen molar-refractivity contribution in [2.45, 2.75) is 78.7 Å². The van der Waals surface area contributed by atoms with Gasteiger partial charge in [-0.2, -0.15) is 0 Å². The maximum atomic E-state index is 12.9. The molecule has 156 valence electrons. The second-order valence-electron chi connectivity index (χ2n) is 9.74. The van der Waals surface area contributed by atoms with Crippen molar-refractivity contribution in [2.24, 2.45) is 17.3 Å². The van der Waals surface area contributed by atoms with Gasteiger partial charge in [0.15, 0.2) is 0 Å². The van der Waals surface area contributed by atoms with Crippen molar-refractivity contribution in [1.29, 1.82) is 0 Å². The largest absolute Gasteiger partial charge is 0.444 e. The Morgan fingerprint density at radius 3 is 2.33 bits per heavy atom. The van der Waals surface area contributed by atoms with Gasteiger partial charge >= 0.3 is 6.09 Å². The van der Waals surface area contributed by atoms with Crippen molar-refractivity contribution in [3.8, 4) is 0 Å². The normalized spacial score (nSPS) is 28.8. The molecule has 0 spiro atoms. The van der Waals surface area contributed by atoms with Crippen LogP contribution in [0.25, 0.3) is 0 Å². The SMILES string of the molecule is CON(C)C(=O)CC[C@@H]1[C@H]([C@@H]2COC(C)(C)N2C(=O)OC(C)(C)C)C1(C)C. The van der Waals surface area contributed by atoms with Crippen LogP contribution in [0, 0.1) is 17.3 Å². The predicted octanol–water partition coefficient (Wildman–Crippen LogP) is 3.43. The standard InChI is InChI=1S/C20H36N2O5/c1-18(2,3)27-17(24)22-14(12-26-20(22,6)7)16-13(19(16,4)5)10-11-15(23)21(8)25-9/h13-14,16H,10-12H2,1-9H3/t13-,14+,16-/m1/s1. The minimum atomic E-state index is -0.706. The molecule has 1 aliphatic carbocycles. The highest BCUT2D eigenvalue weighted by molar-refractivity contribution is 5.74. The molecule has 7 heteroatoms. The minimum absolute atomic E-state index is 0.0362. The van der Waals surface area contributed by atoms with Crippen LogP contribution in [0.2, 0.25) is 0 Å². The molecule has 7 nitrogen and oxygen atoms in total. The van der Waals surface area contributed by atoms with Gasteiger partial charge in [0.1, 0.15) is 11.3 Å². The summed E-state index contributed by atoms with van der Waals surface area (Å²) >= 11 is 0. The van der Waals surface area contributed by atoms with Crippen LogP contribution in [-0.2, 0) is 19.1 Å². The highest BCUT2D eigenvalue weighted by atomic mass is 16.7. The van der Waals surface area contributed by atoms with Crippen LogP contribution in [0.5, 0.6) is 0 Å². The summed E-state index contributed by atoms with van der Waals surface area (Å²) in [7, 11) is 3.11. The molecule has 0 bridgehead atoms. The van der Waals surface area contributed by atoms with Gasteiger partial charge in [-0.25, -0.2) is 9.86 Å². The summed E-state index contributed by atoms with van der Waals surface area (Å²) in [5, 5.41) is 1.26. The number of carbonyl (C=O) groups is 2. The van der Waals surface area contributed by atoms with Crippen LogP contribution in [0.1, 0.15) is 61.3 Å². The average molecular weight is 385 g/mol.